The number of hydrogen-bond donors (Lipinski definition) is 1. The van der Waals surface area contributed by atoms with Crippen LogP contribution in [0.1, 0.15) is 37.9 Å². The molecule has 15 heavy (non-hydrogen) atoms. The first-order chi connectivity index (χ1) is 7.21. The Morgan fingerprint density at radius 1 is 1.67 bits per heavy atom. The molecule has 2 rings (SSSR count). The van der Waals surface area contributed by atoms with Gasteiger partial charge in [-0.2, -0.15) is 11.8 Å². The van der Waals surface area contributed by atoms with Gasteiger partial charge in [0, 0.05) is 23.5 Å². The number of thioether (sulfide) groups is 1. The van der Waals surface area contributed by atoms with Crippen LogP contribution in [0.5, 0.6) is 0 Å². The summed E-state index contributed by atoms with van der Waals surface area (Å²) < 4.78 is 2.71. The van der Waals surface area contributed by atoms with Gasteiger partial charge in [-0.3, -0.25) is 0 Å². The SMILES string of the molecule is CC[C@@H](N)c1cncn1CC1(SC)CC1. The van der Waals surface area contributed by atoms with E-state index in [4.69, 9.17) is 5.73 Å². The van der Waals surface area contributed by atoms with E-state index >= 15 is 0 Å². The molecule has 0 bridgehead atoms. The maximum absolute atomic E-state index is 6.05. The number of rotatable bonds is 5. The first-order valence-corrected chi connectivity index (χ1v) is 6.74. The van der Waals surface area contributed by atoms with Gasteiger partial charge in [-0.05, 0) is 25.5 Å². The zero-order valence-electron chi connectivity index (χ0n) is 9.44. The topological polar surface area (TPSA) is 43.8 Å². The molecule has 1 aliphatic carbocycles. The third kappa shape index (κ3) is 2.21. The van der Waals surface area contributed by atoms with Gasteiger partial charge < -0.3 is 10.3 Å². The van der Waals surface area contributed by atoms with Crippen molar-refractivity contribution >= 4 is 11.8 Å². The smallest absolute Gasteiger partial charge is 0.0949 e. The van der Waals surface area contributed by atoms with Crippen molar-refractivity contribution in [3.05, 3.63) is 18.2 Å². The number of imidazole rings is 1. The Hall–Kier alpha value is -0.480. The van der Waals surface area contributed by atoms with Crippen molar-refractivity contribution in [2.24, 2.45) is 5.73 Å². The maximum atomic E-state index is 6.05. The molecule has 2 N–H and O–H groups in total. The highest BCUT2D eigenvalue weighted by Gasteiger charge is 2.42. The van der Waals surface area contributed by atoms with E-state index < -0.39 is 0 Å². The molecule has 1 aliphatic rings. The lowest BCUT2D eigenvalue weighted by Crippen LogP contribution is -2.19. The molecular formula is C11H19N3S. The summed E-state index contributed by atoms with van der Waals surface area (Å²) in [7, 11) is 0. The van der Waals surface area contributed by atoms with Gasteiger partial charge in [0.25, 0.3) is 0 Å². The van der Waals surface area contributed by atoms with Crippen molar-refractivity contribution in [2.45, 2.75) is 43.5 Å². The zero-order chi connectivity index (χ0) is 10.9. The van der Waals surface area contributed by atoms with Crippen LogP contribution in [0.15, 0.2) is 12.5 Å². The summed E-state index contributed by atoms with van der Waals surface area (Å²) in [5, 5.41) is 0. The van der Waals surface area contributed by atoms with E-state index in [2.05, 4.69) is 22.7 Å². The second-order valence-electron chi connectivity index (χ2n) is 4.35. The summed E-state index contributed by atoms with van der Waals surface area (Å²) in [6.07, 6.45) is 9.65. The fraction of sp³-hybridized carbons (Fsp3) is 0.727. The summed E-state index contributed by atoms with van der Waals surface area (Å²) in [4.78, 5) is 4.21. The van der Waals surface area contributed by atoms with Crippen LogP contribution < -0.4 is 5.73 Å². The molecule has 4 heteroatoms. The van der Waals surface area contributed by atoms with Crippen LogP contribution in [0.3, 0.4) is 0 Å². The minimum absolute atomic E-state index is 0.130. The molecule has 1 heterocycles. The Balaban J connectivity index is 2.11. The van der Waals surface area contributed by atoms with Gasteiger partial charge in [-0.15, -0.1) is 0 Å². The van der Waals surface area contributed by atoms with Gasteiger partial charge in [0.2, 0.25) is 0 Å². The van der Waals surface area contributed by atoms with Crippen LogP contribution in [0.4, 0.5) is 0 Å². The second kappa shape index (κ2) is 4.18. The lowest BCUT2D eigenvalue weighted by atomic mass is 10.2. The number of nitrogens with zero attached hydrogens (tertiary/aromatic N) is 2. The summed E-state index contributed by atoms with van der Waals surface area (Å²) in [6, 6.07) is 0.130. The molecule has 1 saturated carbocycles. The van der Waals surface area contributed by atoms with Crippen LogP contribution in [-0.4, -0.2) is 20.6 Å². The molecule has 0 unspecified atom stereocenters. The van der Waals surface area contributed by atoms with Gasteiger partial charge in [0.1, 0.15) is 0 Å². The van der Waals surface area contributed by atoms with Crippen molar-refractivity contribution < 1.29 is 0 Å². The Morgan fingerprint density at radius 3 is 2.93 bits per heavy atom. The quantitative estimate of drug-likeness (QED) is 0.835. The number of aromatic nitrogens is 2. The van der Waals surface area contributed by atoms with E-state index in [1.807, 2.05) is 24.3 Å². The average Bonchev–Trinajstić information content (AvgIpc) is 2.88. The summed E-state index contributed by atoms with van der Waals surface area (Å²) in [6.45, 7) is 3.18. The van der Waals surface area contributed by atoms with Crippen molar-refractivity contribution in [3.8, 4) is 0 Å². The molecule has 0 aromatic carbocycles. The molecule has 1 aromatic heterocycles. The predicted octanol–water partition coefficient (Wildman–Crippen LogP) is 2.19. The zero-order valence-corrected chi connectivity index (χ0v) is 10.3. The maximum Gasteiger partial charge on any atom is 0.0949 e. The van der Waals surface area contributed by atoms with Crippen molar-refractivity contribution in [3.63, 3.8) is 0 Å². The Bertz CT molecular complexity index is 330. The normalized spacial score (nSPS) is 20.2. The van der Waals surface area contributed by atoms with E-state index in [0.29, 0.717) is 4.75 Å². The van der Waals surface area contributed by atoms with E-state index in [1.165, 1.54) is 18.5 Å². The lowest BCUT2D eigenvalue weighted by Gasteiger charge is -2.17. The highest BCUT2D eigenvalue weighted by molar-refractivity contribution is 8.00. The summed E-state index contributed by atoms with van der Waals surface area (Å²) in [5.74, 6) is 0. The third-order valence-electron chi connectivity index (χ3n) is 3.26. The minimum atomic E-state index is 0.130. The standard InChI is InChI=1S/C11H19N3S/c1-3-9(12)10-6-13-8-14(10)7-11(15-2)4-5-11/h6,8-9H,3-5,7,12H2,1-2H3/t9-/m1/s1. The predicted molar refractivity (Wildman–Crippen MR) is 64.9 cm³/mol. The van der Waals surface area contributed by atoms with Crippen LogP contribution in [0.25, 0.3) is 0 Å². The first kappa shape index (κ1) is 11.0. The van der Waals surface area contributed by atoms with Gasteiger partial charge >= 0.3 is 0 Å². The fourth-order valence-corrected chi connectivity index (χ4v) is 2.64. The molecule has 84 valence electrons. The molecule has 0 amide bonds. The van der Waals surface area contributed by atoms with E-state index in [1.54, 1.807) is 0 Å². The third-order valence-corrected chi connectivity index (χ3v) is 4.67. The number of hydrogen-bond acceptors (Lipinski definition) is 3. The van der Waals surface area contributed by atoms with E-state index in [-0.39, 0.29) is 6.04 Å². The molecule has 3 nitrogen and oxygen atoms in total. The molecule has 0 radical (unpaired) electrons. The van der Waals surface area contributed by atoms with Crippen molar-refractivity contribution in [1.82, 2.24) is 9.55 Å². The molecule has 0 spiro atoms. The largest absolute Gasteiger partial charge is 0.332 e. The van der Waals surface area contributed by atoms with Crippen LogP contribution in [-0.2, 0) is 6.54 Å². The average molecular weight is 225 g/mol. The van der Waals surface area contributed by atoms with Crippen LogP contribution in [0, 0.1) is 0 Å². The summed E-state index contributed by atoms with van der Waals surface area (Å²) >= 11 is 1.98. The van der Waals surface area contributed by atoms with Gasteiger partial charge in [-0.25, -0.2) is 4.98 Å². The fourth-order valence-electron chi connectivity index (χ4n) is 1.86. The second-order valence-corrected chi connectivity index (χ2v) is 5.62. The Morgan fingerprint density at radius 2 is 2.40 bits per heavy atom. The first-order valence-electron chi connectivity index (χ1n) is 5.51. The van der Waals surface area contributed by atoms with Gasteiger partial charge in [0.05, 0.1) is 12.0 Å². The molecule has 1 fully saturated rings. The monoisotopic (exact) mass is 225 g/mol. The lowest BCUT2D eigenvalue weighted by molar-refractivity contribution is 0.574. The molecule has 0 aliphatic heterocycles. The van der Waals surface area contributed by atoms with Crippen LogP contribution in [0.2, 0.25) is 0 Å². The van der Waals surface area contributed by atoms with E-state index in [9.17, 15) is 0 Å². The molecule has 0 saturated heterocycles. The Kier molecular flexibility index (Phi) is 3.07. The molecule has 1 atom stereocenters. The summed E-state index contributed by atoms with van der Waals surface area (Å²) in [5.41, 5.74) is 7.23. The molecule has 1 aromatic rings. The molecular weight excluding hydrogens is 206 g/mol. The van der Waals surface area contributed by atoms with Crippen molar-refractivity contribution in [2.75, 3.05) is 6.26 Å². The van der Waals surface area contributed by atoms with Gasteiger partial charge in [-0.1, -0.05) is 6.92 Å². The minimum Gasteiger partial charge on any atom is -0.332 e. The van der Waals surface area contributed by atoms with E-state index in [0.717, 1.165) is 13.0 Å². The number of nitrogens with two attached hydrogens (primary N) is 1. The van der Waals surface area contributed by atoms with Crippen LogP contribution >= 0.6 is 11.8 Å². The highest BCUT2D eigenvalue weighted by atomic mass is 32.2. The van der Waals surface area contributed by atoms with Crippen molar-refractivity contribution in [1.29, 1.82) is 0 Å². The highest BCUT2D eigenvalue weighted by Crippen LogP contribution is 2.48. The Labute approximate surface area is 95.4 Å². The van der Waals surface area contributed by atoms with Gasteiger partial charge in [0.15, 0.2) is 0 Å².